The molecule has 0 radical (unpaired) electrons. The van der Waals surface area contributed by atoms with E-state index in [1.807, 2.05) is 12.2 Å². The molecule has 4 amide bonds. The number of nitrogens with zero attached hydrogens (tertiary/aromatic N) is 1. The van der Waals surface area contributed by atoms with Crippen LogP contribution in [0, 0.1) is 11.8 Å². The van der Waals surface area contributed by atoms with Crippen LogP contribution in [0.15, 0.2) is 65.2 Å². The zero-order valence-electron chi connectivity index (χ0n) is 17.8. The maximum atomic E-state index is 12.7. The number of hydrazine groups is 1. The van der Waals surface area contributed by atoms with Gasteiger partial charge in [0, 0.05) is 10.0 Å². The summed E-state index contributed by atoms with van der Waals surface area (Å²) in [6, 6.07) is 12.3. The molecule has 1 aliphatic carbocycles. The predicted octanol–water partition coefficient (Wildman–Crippen LogP) is 2.52. The molecule has 1 saturated heterocycles. The molecule has 2 aromatic rings. The van der Waals surface area contributed by atoms with Gasteiger partial charge in [0.25, 0.3) is 11.8 Å². The molecule has 0 unspecified atom stereocenters. The lowest BCUT2D eigenvalue weighted by Crippen LogP contribution is -2.43. The molecule has 4 rings (SSSR count). The van der Waals surface area contributed by atoms with Crippen molar-refractivity contribution in [3.63, 3.8) is 0 Å². The Morgan fingerprint density at radius 1 is 0.853 bits per heavy atom. The van der Waals surface area contributed by atoms with E-state index < -0.39 is 24.4 Å². The summed E-state index contributed by atoms with van der Waals surface area (Å²) < 4.78 is 5.77. The number of carbonyl (C=O) groups excluding carboxylic acids is 5. The van der Waals surface area contributed by atoms with Crippen molar-refractivity contribution in [3.05, 3.63) is 76.3 Å². The number of anilines is 1. The maximum Gasteiger partial charge on any atom is 0.338 e. The Labute approximate surface area is 203 Å². The van der Waals surface area contributed by atoms with E-state index >= 15 is 0 Å². The molecule has 0 aromatic heterocycles. The predicted molar refractivity (Wildman–Crippen MR) is 124 cm³/mol. The third kappa shape index (κ3) is 4.91. The van der Waals surface area contributed by atoms with Gasteiger partial charge in [-0.05, 0) is 61.4 Å². The standard InChI is InChI=1S/C24H20BrN3O6/c25-16-9-5-14(6-10-16)21(30)27-26-20(29)13-34-24(33)15-7-11-17(12-8-15)28-22(31)18-3-1-2-4-19(18)23(28)32/h1-2,5-12,18-19H,3-4,13H2,(H,26,29)(H,27,30)/t18-,19-/m1/s1. The largest absolute Gasteiger partial charge is 0.452 e. The summed E-state index contributed by atoms with van der Waals surface area (Å²) in [5, 5.41) is 0. The van der Waals surface area contributed by atoms with Crippen LogP contribution in [0.4, 0.5) is 5.69 Å². The minimum atomic E-state index is -0.766. The zero-order chi connectivity index (χ0) is 24.2. The number of amides is 4. The quantitative estimate of drug-likeness (QED) is 0.267. The highest BCUT2D eigenvalue weighted by Crippen LogP contribution is 2.37. The number of halogens is 1. The number of rotatable bonds is 5. The number of allylic oxidation sites excluding steroid dienone is 2. The first-order chi connectivity index (χ1) is 16.3. The van der Waals surface area contributed by atoms with Gasteiger partial charge in [-0.25, -0.2) is 4.79 Å². The molecule has 2 atom stereocenters. The maximum absolute atomic E-state index is 12.7. The van der Waals surface area contributed by atoms with E-state index in [4.69, 9.17) is 4.74 Å². The highest BCUT2D eigenvalue weighted by atomic mass is 79.9. The number of carbonyl (C=O) groups is 5. The molecule has 10 heteroatoms. The fraction of sp³-hybridized carbons (Fsp3) is 0.208. The summed E-state index contributed by atoms with van der Waals surface area (Å²) in [6.45, 7) is -0.610. The third-order valence-corrected chi connectivity index (χ3v) is 6.15. The van der Waals surface area contributed by atoms with Crippen LogP contribution in [-0.2, 0) is 19.1 Å². The van der Waals surface area contributed by atoms with Crippen molar-refractivity contribution in [1.29, 1.82) is 0 Å². The minimum Gasteiger partial charge on any atom is -0.452 e. The topological polar surface area (TPSA) is 122 Å². The summed E-state index contributed by atoms with van der Waals surface area (Å²) >= 11 is 3.26. The highest BCUT2D eigenvalue weighted by molar-refractivity contribution is 9.10. The normalized spacial score (nSPS) is 18.9. The Bertz CT molecular complexity index is 1150. The van der Waals surface area contributed by atoms with Crippen molar-refractivity contribution >= 4 is 51.2 Å². The number of esters is 1. The van der Waals surface area contributed by atoms with E-state index in [-0.39, 0.29) is 29.2 Å². The van der Waals surface area contributed by atoms with Crippen LogP contribution in [0.1, 0.15) is 33.6 Å². The first kappa shape index (κ1) is 23.4. The number of ether oxygens (including phenoxy) is 1. The number of imide groups is 1. The summed E-state index contributed by atoms with van der Waals surface area (Å²) in [4.78, 5) is 62.6. The van der Waals surface area contributed by atoms with Gasteiger partial charge in [-0.3, -0.25) is 34.9 Å². The second-order valence-corrected chi connectivity index (χ2v) is 8.72. The average Bonchev–Trinajstić information content (AvgIpc) is 3.11. The van der Waals surface area contributed by atoms with Crippen molar-refractivity contribution < 1.29 is 28.7 Å². The van der Waals surface area contributed by atoms with Crippen LogP contribution < -0.4 is 15.8 Å². The van der Waals surface area contributed by atoms with Crippen LogP contribution in [0.25, 0.3) is 0 Å². The Morgan fingerprint density at radius 3 is 2.00 bits per heavy atom. The molecular weight excluding hydrogens is 506 g/mol. The lowest BCUT2D eigenvalue weighted by molar-refractivity contribution is -0.125. The summed E-state index contributed by atoms with van der Waals surface area (Å²) in [7, 11) is 0. The second-order valence-electron chi connectivity index (χ2n) is 7.80. The van der Waals surface area contributed by atoms with Crippen molar-refractivity contribution in [3.8, 4) is 0 Å². The lowest BCUT2D eigenvalue weighted by atomic mass is 9.85. The van der Waals surface area contributed by atoms with E-state index in [1.165, 1.54) is 29.2 Å². The van der Waals surface area contributed by atoms with Gasteiger partial charge in [0.15, 0.2) is 6.61 Å². The Balaban J connectivity index is 1.28. The smallest absolute Gasteiger partial charge is 0.338 e. The van der Waals surface area contributed by atoms with Crippen LogP contribution in [0.5, 0.6) is 0 Å². The number of hydrogen-bond acceptors (Lipinski definition) is 6. The molecule has 1 fully saturated rings. The van der Waals surface area contributed by atoms with Crippen LogP contribution >= 0.6 is 15.9 Å². The van der Waals surface area contributed by atoms with Gasteiger partial charge in [-0.15, -0.1) is 0 Å². The Morgan fingerprint density at radius 2 is 1.41 bits per heavy atom. The number of hydrogen-bond donors (Lipinski definition) is 2. The van der Waals surface area contributed by atoms with E-state index in [1.54, 1.807) is 24.3 Å². The Hall–Kier alpha value is -3.79. The van der Waals surface area contributed by atoms with E-state index in [2.05, 4.69) is 26.8 Å². The SMILES string of the molecule is O=C(COC(=O)c1ccc(N2C(=O)[C@@H]3CC=CC[C@H]3C2=O)cc1)NNC(=O)c1ccc(Br)cc1. The average molecular weight is 526 g/mol. The summed E-state index contributed by atoms with van der Waals surface area (Å²) in [5.74, 6) is -3.18. The van der Waals surface area contributed by atoms with Crippen molar-refractivity contribution in [1.82, 2.24) is 10.9 Å². The Kier molecular flexibility index (Phi) is 6.87. The van der Waals surface area contributed by atoms with Gasteiger partial charge in [0.2, 0.25) is 11.8 Å². The van der Waals surface area contributed by atoms with Gasteiger partial charge in [-0.1, -0.05) is 28.1 Å². The summed E-state index contributed by atoms with van der Waals surface area (Å²) in [6.07, 6.45) is 4.91. The summed E-state index contributed by atoms with van der Waals surface area (Å²) in [5.41, 5.74) is 5.27. The van der Waals surface area contributed by atoms with Gasteiger partial charge in [0.1, 0.15) is 0 Å². The number of nitrogens with one attached hydrogen (secondary N) is 2. The van der Waals surface area contributed by atoms with E-state index in [0.29, 0.717) is 24.1 Å². The molecule has 2 aromatic carbocycles. The first-order valence-corrected chi connectivity index (χ1v) is 11.3. The molecule has 0 spiro atoms. The first-order valence-electron chi connectivity index (χ1n) is 10.5. The number of benzene rings is 2. The van der Waals surface area contributed by atoms with Crippen molar-refractivity contribution in [2.75, 3.05) is 11.5 Å². The molecule has 9 nitrogen and oxygen atoms in total. The molecule has 0 bridgehead atoms. The van der Waals surface area contributed by atoms with Crippen molar-refractivity contribution in [2.45, 2.75) is 12.8 Å². The second kappa shape index (κ2) is 10.0. The molecule has 1 aliphatic heterocycles. The fourth-order valence-corrected chi connectivity index (χ4v) is 4.12. The minimum absolute atomic E-state index is 0.147. The molecule has 2 N–H and O–H groups in total. The van der Waals surface area contributed by atoms with Gasteiger partial charge < -0.3 is 4.74 Å². The van der Waals surface area contributed by atoms with E-state index in [0.717, 1.165) is 4.47 Å². The lowest BCUT2D eigenvalue weighted by Gasteiger charge is -2.15. The van der Waals surface area contributed by atoms with Gasteiger partial charge in [-0.2, -0.15) is 0 Å². The number of fused-ring (bicyclic) bond motifs is 1. The van der Waals surface area contributed by atoms with Gasteiger partial charge in [0.05, 0.1) is 23.1 Å². The third-order valence-electron chi connectivity index (χ3n) is 5.62. The molecule has 174 valence electrons. The van der Waals surface area contributed by atoms with Crippen molar-refractivity contribution in [2.24, 2.45) is 11.8 Å². The van der Waals surface area contributed by atoms with E-state index in [9.17, 15) is 24.0 Å². The molecule has 0 saturated carbocycles. The van der Waals surface area contributed by atoms with Crippen LogP contribution in [-0.4, -0.2) is 36.2 Å². The van der Waals surface area contributed by atoms with Crippen LogP contribution in [0.3, 0.4) is 0 Å². The zero-order valence-corrected chi connectivity index (χ0v) is 19.4. The fourth-order valence-electron chi connectivity index (χ4n) is 3.85. The molecule has 1 heterocycles. The highest BCUT2D eigenvalue weighted by Gasteiger charge is 2.47. The van der Waals surface area contributed by atoms with Gasteiger partial charge >= 0.3 is 5.97 Å². The van der Waals surface area contributed by atoms with Crippen LogP contribution in [0.2, 0.25) is 0 Å². The molecule has 34 heavy (non-hydrogen) atoms. The molecular formula is C24H20BrN3O6. The monoisotopic (exact) mass is 525 g/mol. The molecule has 2 aliphatic rings.